The predicted molar refractivity (Wildman–Crippen MR) is 54.1 cm³/mol. The average molecular weight is 218 g/mol. The highest BCUT2D eigenvalue weighted by atomic mass is 32.2. The van der Waals surface area contributed by atoms with Crippen LogP contribution in [-0.2, 0) is 16.6 Å². The minimum Gasteiger partial charge on any atom is -0.396 e. The van der Waals surface area contributed by atoms with Crippen LogP contribution in [0.5, 0.6) is 0 Å². The summed E-state index contributed by atoms with van der Waals surface area (Å²) in [5.41, 5.74) is 5.97. The molecule has 14 heavy (non-hydrogen) atoms. The molecule has 1 heterocycles. The molecule has 0 bridgehead atoms. The number of hydrogen-bond acceptors (Lipinski definition) is 4. The maximum atomic E-state index is 11.4. The first-order chi connectivity index (χ1) is 6.42. The fraction of sp³-hybridized carbons (Fsp3) is 0.571. The van der Waals surface area contributed by atoms with Crippen molar-refractivity contribution in [1.29, 1.82) is 0 Å². The largest absolute Gasteiger partial charge is 0.396 e. The maximum Gasteiger partial charge on any atom is 0.215 e. The molecule has 0 radical (unpaired) electrons. The lowest BCUT2D eigenvalue weighted by Crippen LogP contribution is -2.27. The summed E-state index contributed by atoms with van der Waals surface area (Å²) < 4.78 is 25.4. The van der Waals surface area contributed by atoms with Gasteiger partial charge >= 0.3 is 0 Å². The lowest BCUT2D eigenvalue weighted by Gasteiger charge is -2.10. The van der Waals surface area contributed by atoms with Crippen molar-refractivity contribution in [2.45, 2.75) is 6.54 Å². The van der Waals surface area contributed by atoms with Crippen LogP contribution in [-0.4, -0.2) is 42.4 Å². The molecule has 7 heteroatoms. The molecule has 0 atom stereocenters. The summed E-state index contributed by atoms with van der Waals surface area (Å²) in [6.07, 6.45) is 3.09. The minimum atomic E-state index is -3.16. The van der Waals surface area contributed by atoms with Crippen molar-refractivity contribution >= 4 is 15.7 Å². The summed E-state index contributed by atoms with van der Waals surface area (Å²) in [5, 5.41) is 3.89. The Morgan fingerprint density at radius 3 is 2.64 bits per heavy atom. The number of nitrogen functional groups attached to an aromatic ring is 1. The number of aromatic nitrogens is 2. The van der Waals surface area contributed by atoms with Gasteiger partial charge in [0, 0.05) is 20.3 Å². The molecule has 0 aliphatic carbocycles. The molecule has 0 saturated carbocycles. The fourth-order valence-corrected chi connectivity index (χ4v) is 1.68. The zero-order chi connectivity index (χ0) is 10.8. The van der Waals surface area contributed by atoms with Crippen molar-refractivity contribution in [3.05, 3.63) is 12.4 Å². The van der Waals surface area contributed by atoms with Crippen LogP contribution in [0.25, 0.3) is 0 Å². The number of nitrogens with two attached hydrogens (primary N) is 1. The van der Waals surface area contributed by atoms with Crippen LogP contribution < -0.4 is 5.73 Å². The molecule has 0 amide bonds. The van der Waals surface area contributed by atoms with E-state index in [2.05, 4.69) is 5.10 Å². The molecule has 1 aromatic rings. The third-order valence-electron chi connectivity index (χ3n) is 1.79. The van der Waals surface area contributed by atoms with Crippen molar-refractivity contribution in [2.24, 2.45) is 0 Å². The monoisotopic (exact) mass is 218 g/mol. The van der Waals surface area contributed by atoms with Crippen LogP contribution in [0, 0.1) is 0 Å². The van der Waals surface area contributed by atoms with E-state index in [0.29, 0.717) is 12.2 Å². The number of sulfonamides is 1. The molecule has 0 saturated heterocycles. The van der Waals surface area contributed by atoms with Gasteiger partial charge in [0.1, 0.15) is 0 Å². The van der Waals surface area contributed by atoms with Crippen LogP contribution in [0.2, 0.25) is 0 Å². The Morgan fingerprint density at radius 2 is 2.21 bits per heavy atom. The number of aryl methyl sites for hydroxylation is 1. The Bertz CT molecular complexity index is 396. The number of hydrogen-bond donors (Lipinski definition) is 1. The Hall–Kier alpha value is -1.08. The molecule has 0 unspecified atom stereocenters. The third-order valence-corrected chi connectivity index (χ3v) is 3.60. The van der Waals surface area contributed by atoms with Crippen molar-refractivity contribution in [3.8, 4) is 0 Å². The molecule has 0 fully saturated rings. The molecular weight excluding hydrogens is 204 g/mol. The highest BCUT2D eigenvalue weighted by Crippen LogP contribution is 2.00. The molecule has 0 spiro atoms. The second-order valence-electron chi connectivity index (χ2n) is 3.14. The molecule has 0 aliphatic rings. The summed E-state index contributed by atoms with van der Waals surface area (Å²) >= 11 is 0. The lowest BCUT2D eigenvalue weighted by molar-refractivity contribution is 0.511. The van der Waals surface area contributed by atoms with Gasteiger partial charge in [-0.2, -0.15) is 5.10 Å². The zero-order valence-electron chi connectivity index (χ0n) is 8.21. The van der Waals surface area contributed by atoms with E-state index >= 15 is 0 Å². The first kappa shape index (κ1) is 11.0. The van der Waals surface area contributed by atoms with Gasteiger partial charge in [0.05, 0.1) is 24.2 Å². The molecule has 0 aromatic carbocycles. The summed E-state index contributed by atoms with van der Waals surface area (Å²) in [5.74, 6) is 0.0289. The van der Waals surface area contributed by atoms with E-state index in [9.17, 15) is 8.42 Å². The Balaban J connectivity index is 2.57. The van der Waals surface area contributed by atoms with E-state index in [1.807, 2.05) is 0 Å². The van der Waals surface area contributed by atoms with Crippen molar-refractivity contribution in [3.63, 3.8) is 0 Å². The van der Waals surface area contributed by atoms with Crippen LogP contribution in [0.1, 0.15) is 0 Å². The van der Waals surface area contributed by atoms with Gasteiger partial charge in [0.25, 0.3) is 0 Å². The van der Waals surface area contributed by atoms with Gasteiger partial charge in [0.15, 0.2) is 0 Å². The van der Waals surface area contributed by atoms with E-state index in [0.717, 1.165) is 0 Å². The van der Waals surface area contributed by atoms with Crippen molar-refractivity contribution < 1.29 is 8.42 Å². The standard InChI is InChI=1S/C7H14N4O2S/c1-10(2)14(12,13)4-3-11-6-7(8)5-9-11/h5-6H,3-4,8H2,1-2H3. The Morgan fingerprint density at radius 1 is 1.57 bits per heavy atom. The van der Waals surface area contributed by atoms with Gasteiger partial charge in [-0.05, 0) is 0 Å². The van der Waals surface area contributed by atoms with Gasteiger partial charge in [-0.25, -0.2) is 12.7 Å². The maximum absolute atomic E-state index is 11.4. The minimum absolute atomic E-state index is 0.0289. The Kier molecular flexibility index (Phi) is 3.12. The van der Waals surface area contributed by atoms with E-state index in [1.165, 1.54) is 29.3 Å². The highest BCUT2D eigenvalue weighted by Gasteiger charge is 2.13. The number of nitrogens with zero attached hydrogens (tertiary/aromatic N) is 3. The highest BCUT2D eigenvalue weighted by molar-refractivity contribution is 7.89. The molecule has 2 N–H and O–H groups in total. The van der Waals surface area contributed by atoms with Gasteiger partial charge in [-0.15, -0.1) is 0 Å². The number of anilines is 1. The first-order valence-electron chi connectivity index (χ1n) is 4.10. The van der Waals surface area contributed by atoms with E-state index in [1.54, 1.807) is 6.20 Å². The molecule has 1 aromatic heterocycles. The topological polar surface area (TPSA) is 81.2 Å². The fourth-order valence-electron chi connectivity index (χ4n) is 0.893. The second-order valence-corrected chi connectivity index (χ2v) is 5.44. The zero-order valence-corrected chi connectivity index (χ0v) is 9.03. The normalized spacial score (nSPS) is 12.2. The Labute approximate surface area is 83.4 Å². The van der Waals surface area contributed by atoms with Gasteiger partial charge < -0.3 is 5.73 Å². The summed E-state index contributed by atoms with van der Waals surface area (Å²) in [6.45, 7) is 0.317. The van der Waals surface area contributed by atoms with E-state index in [4.69, 9.17) is 5.73 Å². The van der Waals surface area contributed by atoms with Crippen LogP contribution >= 0.6 is 0 Å². The SMILES string of the molecule is CN(C)S(=O)(=O)CCn1cc(N)cn1. The number of rotatable bonds is 4. The second kappa shape index (κ2) is 3.97. The van der Waals surface area contributed by atoms with Crippen molar-refractivity contribution in [2.75, 3.05) is 25.6 Å². The predicted octanol–water partition coefficient (Wildman–Crippen LogP) is -0.643. The quantitative estimate of drug-likeness (QED) is 0.728. The van der Waals surface area contributed by atoms with Gasteiger partial charge in [-0.3, -0.25) is 4.68 Å². The smallest absolute Gasteiger partial charge is 0.215 e. The molecular formula is C7H14N4O2S. The summed E-state index contributed by atoms with van der Waals surface area (Å²) in [6, 6.07) is 0. The van der Waals surface area contributed by atoms with Crippen LogP contribution in [0.15, 0.2) is 12.4 Å². The molecule has 80 valence electrons. The van der Waals surface area contributed by atoms with Crippen molar-refractivity contribution in [1.82, 2.24) is 14.1 Å². The molecule has 1 rings (SSSR count). The molecule has 6 nitrogen and oxygen atoms in total. The molecule has 0 aliphatic heterocycles. The summed E-state index contributed by atoms with van der Waals surface area (Å²) in [7, 11) is -0.142. The van der Waals surface area contributed by atoms with E-state index < -0.39 is 10.0 Å². The lowest BCUT2D eigenvalue weighted by atomic mass is 10.6. The third kappa shape index (κ3) is 2.71. The van der Waals surface area contributed by atoms with Gasteiger partial charge in [0.2, 0.25) is 10.0 Å². The van der Waals surface area contributed by atoms with Crippen LogP contribution in [0.3, 0.4) is 0 Å². The average Bonchev–Trinajstić information content (AvgIpc) is 2.48. The van der Waals surface area contributed by atoms with E-state index in [-0.39, 0.29) is 5.75 Å². The van der Waals surface area contributed by atoms with Crippen LogP contribution in [0.4, 0.5) is 5.69 Å². The summed E-state index contributed by atoms with van der Waals surface area (Å²) in [4.78, 5) is 0. The first-order valence-corrected chi connectivity index (χ1v) is 5.71. The van der Waals surface area contributed by atoms with Gasteiger partial charge in [-0.1, -0.05) is 0 Å².